The van der Waals surface area contributed by atoms with E-state index in [4.69, 9.17) is 4.42 Å². The number of hydrogen-bond acceptors (Lipinski definition) is 5. The van der Waals surface area contributed by atoms with Gasteiger partial charge in [0.15, 0.2) is 0 Å². The Hall–Kier alpha value is -2.11. The first kappa shape index (κ1) is 14.8. The molecule has 0 bridgehead atoms. The van der Waals surface area contributed by atoms with Crippen LogP contribution in [0, 0.1) is 11.7 Å². The lowest BCUT2D eigenvalue weighted by atomic mass is 10.1. The van der Waals surface area contributed by atoms with E-state index in [1.54, 1.807) is 6.07 Å². The Labute approximate surface area is 129 Å². The zero-order valence-corrected chi connectivity index (χ0v) is 12.8. The van der Waals surface area contributed by atoms with Crippen molar-refractivity contribution in [2.24, 2.45) is 5.92 Å². The Balaban J connectivity index is 1.51. The van der Waals surface area contributed by atoms with Crippen LogP contribution in [-0.2, 0) is 6.42 Å². The monoisotopic (exact) mass is 304 g/mol. The molecule has 1 N–H and O–H groups in total. The lowest BCUT2D eigenvalue weighted by Gasteiger charge is -2.19. The molecule has 1 aliphatic heterocycles. The molecule has 1 aromatic heterocycles. The highest BCUT2D eigenvalue weighted by atomic mass is 19.1. The summed E-state index contributed by atoms with van der Waals surface area (Å²) < 4.78 is 19.3. The van der Waals surface area contributed by atoms with Crippen LogP contribution in [0.5, 0.6) is 0 Å². The number of anilines is 2. The van der Waals surface area contributed by atoms with Gasteiger partial charge in [0.1, 0.15) is 5.82 Å². The third kappa shape index (κ3) is 3.37. The molecule has 1 fully saturated rings. The predicted octanol–water partition coefficient (Wildman–Crippen LogP) is 3.10. The first-order valence-corrected chi connectivity index (χ1v) is 7.82. The highest BCUT2D eigenvalue weighted by molar-refractivity contribution is 5.48. The number of aryl methyl sites for hydroxylation is 1. The van der Waals surface area contributed by atoms with Gasteiger partial charge in [0.25, 0.3) is 0 Å². The largest absolute Gasteiger partial charge is 0.408 e. The van der Waals surface area contributed by atoms with Crippen LogP contribution in [0.3, 0.4) is 0 Å². The molecule has 2 heterocycles. The smallest absolute Gasteiger partial charge is 0.315 e. The molecule has 1 saturated heterocycles. The molecule has 1 aromatic carbocycles. The lowest BCUT2D eigenvalue weighted by Crippen LogP contribution is -2.23. The van der Waals surface area contributed by atoms with Gasteiger partial charge < -0.3 is 14.6 Å². The standard InChI is InChI=1S/C16H21FN4O/c1-2-5-15-19-20-16(22-15)18-10-12-8-9-21(11-12)14-7-4-3-6-13(14)17/h3-4,6-7,12H,2,5,8-11H2,1H3,(H,18,20)/t12-/m1/s1. The molecule has 22 heavy (non-hydrogen) atoms. The van der Waals surface area contributed by atoms with Crippen LogP contribution in [0.25, 0.3) is 0 Å². The summed E-state index contributed by atoms with van der Waals surface area (Å²) >= 11 is 0. The summed E-state index contributed by atoms with van der Waals surface area (Å²) in [5.41, 5.74) is 0.688. The first-order chi connectivity index (χ1) is 10.8. The number of para-hydroxylation sites is 1. The van der Waals surface area contributed by atoms with E-state index in [1.807, 2.05) is 12.1 Å². The van der Waals surface area contributed by atoms with Gasteiger partial charge in [-0.15, -0.1) is 5.10 Å². The average Bonchev–Trinajstić information content (AvgIpc) is 3.15. The third-order valence-electron chi connectivity index (χ3n) is 3.95. The van der Waals surface area contributed by atoms with Crippen LogP contribution in [-0.4, -0.2) is 29.8 Å². The molecular weight excluding hydrogens is 283 g/mol. The third-order valence-corrected chi connectivity index (χ3v) is 3.95. The van der Waals surface area contributed by atoms with Gasteiger partial charge in [-0.2, -0.15) is 0 Å². The summed E-state index contributed by atoms with van der Waals surface area (Å²) in [6, 6.07) is 7.41. The van der Waals surface area contributed by atoms with Crippen molar-refractivity contribution in [3.8, 4) is 0 Å². The van der Waals surface area contributed by atoms with Crippen LogP contribution in [0.1, 0.15) is 25.7 Å². The normalized spacial score (nSPS) is 17.9. The summed E-state index contributed by atoms with van der Waals surface area (Å²) in [6.45, 7) is 4.55. The summed E-state index contributed by atoms with van der Waals surface area (Å²) in [4.78, 5) is 2.10. The van der Waals surface area contributed by atoms with Crippen molar-refractivity contribution in [2.45, 2.75) is 26.2 Å². The van der Waals surface area contributed by atoms with Crippen LogP contribution >= 0.6 is 0 Å². The Morgan fingerprint density at radius 1 is 1.36 bits per heavy atom. The number of benzene rings is 1. The second-order valence-electron chi connectivity index (χ2n) is 5.68. The van der Waals surface area contributed by atoms with Crippen molar-refractivity contribution in [2.75, 3.05) is 29.9 Å². The van der Waals surface area contributed by atoms with Crippen molar-refractivity contribution in [3.63, 3.8) is 0 Å². The molecule has 0 aliphatic carbocycles. The van der Waals surface area contributed by atoms with Crippen molar-refractivity contribution in [3.05, 3.63) is 36.0 Å². The molecule has 2 aromatic rings. The summed E-state index contributed by atoms with van der Waals surface area (Å²) in [5.74, 6) is 0.961. The van der Waals surface area contributed by atoms with Crippen LogP contribution in [0.4, 0.5) is 16.1 Å². The second-order valence-corrected chi connectivity index (χ2v) is 5.68. The predicted molar refractivity (Wildman–Crippen MR) is 83.5 cm³/mol. The molecular formula is C16H21FN4O. The maximum atomic E-state index is 13.8. The summed E-state index contributed by atoms with van der Waals surface area (Å²) in [7, 11) is 0. The summed E-state index contributed by atoms with van der Waals surface area (Å²) in [5, 5.41) is 11.2. The molecule has 0 unspecified atom stereocenters. The fraction of sp³-hybridized carbons (Fsp3) is 0.500. The highest BCUT2D eigenvalue weighted by Gasteiger charge is 2.24. The Morgan fingerprint density at radius 3 is 3.05 bits per heavy atom. The van der Waals surface area contributed by atoms with Gasteiger partial charge in [-0.25, -0.2) is 4.39 Å². The molecule has 0 radical (unpaired) electrons. The minimum absolute atomic E-state index is 0.155. The number of nitrogens with one attached hydrogen (secondary N) is 1. The SMILES string of the molecule is CCCc1nnc(NC[C@H]2CCN(c3ccccc3F)C2)o1. The molecule has 3 rings (SSSR count). The average molecular weight is 304 g/mol. The highest BCUT2D eigenvalue weighted by Crippen LogP contribution is 2.26. The molecule has 6 heteroatoms. The number of aromatic nitrogens is 2. The fourth-order valence-electron chi connectivity index (χ4n) is 2.80. The zero-order valence-electron chi connectivity index (χ0n) is 12.8. The van der Waals surface area contributed by atoms with Gasteiger partial charge in [0.05, 0.1) is 5.69 Å². The van der Waals surface area contributed by atoms with Crippen molar-refractivity contribution in [1.82, 2.24) is 10.2 Å². The molecule has 0 amide bonds. The van der Waals surface area contributed by atoms with Gasteiger partial charge in [0, 0.05) is 26.1 Å². The van der Waals surface area contributed by atoms with E-state index in [9.17, 15) is 4.39 Å². The van der Waals surface area contributed by atoms with E-state index in [1.165, 1.54) is 6.07 Å². The van der Waals surface area contributed by atoms with E-state index in [0.717, 1.165) is 38.9 Å². The molecule has 1 atom stereocenters. The Kier molecular flexibility index (Phi) is 4.56. The number of hydrogen-bond donors (Lipinski definition) is 1. The van der Waals surface area contributed by atoms with Crippen LogP contribution < -0.4 is 10.2 Å². The van der Waals surface area contributed by atoms with Gasteiger partial charge in [-0.3, -0.25) is 0 Å². The van der Waals surface area contributed by atoms with Crippen molar-refractivity contribution >= 4 is 11.7 Å². The maximum Gasteiger partial charge on any atom is 0.315 e. The van der Waals surface area contributed by atoms with E-state index >= 15 is 0 Å². The number of halogens is 1. The van der Waals surface area contributed by atoms with Gasteiger partial charge >= 0.3 is 6.01 Å². The fourth-order valence-corrected chi connectivity index (χ4v) is 2.80. The van der Waals surface area contributed by atoms with E-state index in [2.05, 4.69) is 27.3 Å². The van der Waals surface area contributed by atoms with Crippen LogP contribution in [0.15, 0.2) is 28.7 Å². The lowest BCUT2D eigenvalue weighted by molar-refractivity contribution is 0.495. The van der Waals surface area contributed by atoms with Crippen molar-refractivity contribution in [1.29, 1.82) is 0 Å². The van der Waals surface area contributed by atoms with Crippen molar-refractivity contribution < 1.29 is 8.81 Å². The van der Waals surface area contributed by atoms with E-state index in [-0.39, 0.29) is 5.82 Å². The number of nitrogens with zero attached hydrogens (tertiary/aromatic N) is 3. The number of rotatable bonds is 6. The molecule has 0 saturated carbocycles. The molecule has 118 valence electrons. The van der Waals surface area contributed by atoms with E-state index in [0.29, 0.717) is 23.5 Å². The van der Waals surface area contributed by atoms with Crippen LogP contribution in [0.2, 0.25) is 0 Å². The molecule has 5 nitrogen and oxygen atoms in total. The molecule has 1 aliphatic rings. The second kappa shape index (κ2) is 6.77. The first-order valence-electron chi connectivity index (χ1n) is 7.82. The van der Waals surface area contributed by atoms with Gasteiger partial charge in [-0.05, 0) is 30.9 Å². The Morgan fingerprint density at radius 2 is 2.23 bits per heavy atom. The minimum atomic E-state index is -0.155. The summed E-state index contributed by atoms with van der Waals surface area (Å²) in [6.07, 6.45) is 2.82. The van der Waals surface area contributed by atoms with Gasteiger partial charge in [0.2, 0.25) is 5.89 Å². The Bertz CT molecular complexity index is 616. The minimum Gasteiger partial charge on any atom is -0.408 e. The maximum absolute atomic E-state index is 13.8. The zero-order chi connectivity index (χ0) is 15.4. The topological polar surface area (TPSA) is 54.2 Å². The van der Waals surface area contributed by atoms with E-state index < -0.39 is 0 Å². The molecule has 0 spiro atoms. The quantitative estimate of drug-likeness (QED) is 0.888. The van der Waals surface area contributed by atoms with Gasteiger partial charge in [-0.1, -0.05) is 24.2 Å².